The van der Waals surface area contributed by atoms with Crippen LogP contribution >= 0.6 is 11.6 Å². The van der Waals surface area contributed by atoms with Crippen LogP contribution in [-0.2, 0) is 4.79 Å². The molecule has 3 rings (SSSR count). The second kappa shape index (κ2) is 6.69. The summed E-state index contributed by atoms with van der Waals surface area (Å²) in [4.78, 5) is 12.1. The normalized spacial score (nSPS) is 20.8. The minimum absolute atomic E-state index is 0.0765. The topological polar surface area (TPSA) is 49.3 Å². The molecule has 2 aromatic carbocycles. The zero-order chi connectivity index (χ0) is 16.4. The molecule has 3 unspecified atom stereocenters. The number of carbonyl (C=O) groups is 1. The van der Waals surface area contributed by atoms with Gasteiger partial charge in [-0.1, -0.05) is 35.9 Å². The molecule has 0 aliphatic heterocycles. The lowest BCUT2D eigenvalue weighted by molar-refractivity contribution is -0.122. The fourth-order valence-corrected chi connectivity index (χ4v) is 2.82. The Balaban J connectivity index is 1.50. The average Bonchev–Trinajstić information content (AvgIpc) is 3.34. The zero-order valence-corrected chi connectivity index (χ0v) is 13.1. The second-order valence-corrected chi connectivity index (χ2v) is 6.25. The van der Waals surface area contributed by atoms with Crippen LogP contribution in [0.25, 0.3) is 0 Å². The molecule has 1 saturated carbocycles. The highest BCUT2D eigenvalue weighted by atomic mass is 35.5. The summed E-state index contributed by atoms with van der Waals surface area (Å²) in [5.41, 5.74) is 1.69. The van der Waals surface area contributed by atoms with Gasteiger partial charge in [0.05, 0.1) is 6.10 Å². The summed E-state index contributed by atoms with van der Waals surface area (Å²) in [5, 5.41) is 13.5. The van der Waals surface area contributed by atoms with Crippen LogP contribution < -0.4 is 5.32 Å². The van der Waals surface area contributed by atoms with Gasteiger partial charge in [-0.2, -0.15) is 0 Å². The first-order valence-corrected chi connectivity index (χ1v) is 7.89. The quantitative estimate of drug-likeness (QED) is 0.880. The van der Waals surface area contributed by atoms with E-state index < -0.39 is 6.10 Å². The van der Waals surface area contributed by atoms with Gasteiger partial charge >= 0.3 is 0 Å². The number of carbonyl (C=O) groups excluding carboxylic acids is 1. The van der Waals surface area contributed by atoms with Crippen molar-refractivity contribution in [2.75, 3.05) is 6.54 Å². The molecular weight excluding hydrogens is 317 g/mol. The number of hydrogen-bond acceptors (Lipinski definition) is 2. The van der Waals surface area contributed by atoms with Crippen molar-refractivity contribution >= 4 is 17.5 Å². The van der Waals surface area contributed by atoms with E-state index in [4.69, 9.17) is 11.6 Å². The second-order valence-electron chi connectivity index (χ2n) is 5.81. The smallest absolute Gasteiger partial charge is 0.223 e. The lowest BCUT2D eigenvalue weighted by Crippen LogP contribution is -2.30. The maximum Gasteiger partial charge on any atom is 0.223 e. The molecule has 3 atom stereocenters. The summed E-state index contributed by atoms with van der Waals surface area (Å²) in [6.07, 6.45) is -0.00616. The number of hydrogen-bond donors (Lipinski definition) is 2. The van der Waals surface area contributed by atoms with E-state index >= 15 is 0 Å². The van der Waals surface area contributed by atoms with E-state index in [0.29, 0.717) is 10.6 Å². The van der Waals surface area contributed by atoms with E-state index in [0.717, 1.165) is 12.0 Å². The Kier molecular flexibility index (Phi) is 4.64. The summed E-state index contributed by atoms with van der Waals surface area (Å²) in [5.74, 6) is -0.310. The maximum atomic E-state index is 12.9. The molecule has 2 N–H and O–H groups in total. The number of amides is 1. The standard InChI is InChI=1S/C18H17ClFNO2/c19-13-5-1-12(2-6-13)17(22)10-21-18(23)16-9-15(16)11-3-7-14(20)8-4-11/h1-8,15-17,22H,9-10H2,(H,21,23). The van der Waals surface area contributed by atoms with Gasteiger partial charge in [0.1, 0.15) is 5.82 Å². The van der Waals surface area contributed by atoms with Crippen LogP contribution in [0, 0.1) is 11.7 Å². The Morgan fingerprint density at radius 2 is 1.87 bits per heavy atom. The Bertz CT molecular complexity index is 687. The van der Waals surface area contributed by atoms with Crippen LogP contribution in [0.3, 0.4) is 0 Å². The molecule has 5 heteroatoms. The van der Waals surface area contributed by atoms with Gasteiger partial charge in [0.25, 0.3) is 0 Å². The SMILES string of the molecule is O=C(NCC(O)c1ccc(Cl)cc1)C1CC1c1ccc(F)cc1. The minimum atomic E-state index is -0.765. The molecular formula is C18H17ClFNO2. The van der Waals surface area contributed by atoms with E-state index in [9.17, 15) is 14.3 Å². The van der Waals surface area contributed by atoms with Crippen molar-refractivity contribution in [2.24, 2.45) is 5.92 Å². The van der Waals surface area contributed by atoms with Gasteiger partial charge < -0.3 is 10.4 Å². The van der Waals surface area contributed by atoms with Gasteiger partial charge in [0.2, 0.25) is 5.91 Å². The van der Waals surface area contributed by atoms with Gasteiger partial charge in [-0.05, 0) is 47.7 Å². The van der Waals surface area contributed by atoms with E-state index in [1.165, 1.54) is 12.1 Å². The van der Waals surface area contributed by atoms with Crippen molar-refractivity contribution < 1.29 is 14.3 Å². The van der Waals surface area contributed by atoms with Crippen LogP contribution in [0.4, 0.5) is 4.39 Å². The summed E-state index contributed by atoms with van der Waals surface area (Å²) >= 11 is 5.80. The van der Waals surface area contributed by atoms with Crippen LogP contribution in [0.1, 0.15) is 29.6 Å². The van der Waals surface area contributed by atoms with Crippen LogP contribution in [-0.4, -0.2) is 17.6 Å². The molecule has 0 aromatic heterocycles. The monoisotopic (exact) mass is 333 g/mol. The first-order chi connectivity index (χ1) is 11.0. The average molecular weight is 334 g/mol. The molecule has 1 aliphatic rings. The van der Waals surface area contributed by atoms with Crippen molar-refractivity contribution in [1.82, 2.24) is 5.32 Å². The molecule has 0 bridgehead atoms. The van der Waals surface area contributed by atoms with Crippen LogP contribution in [0.2, 0.25) is 5.02 Å². The fraction of sp³-hybridized carbons (Fsp3) is 0.278. The molecule has 2 aromatic rings. The molecule has 0 radical (unpaired) electrons. The summed E-state index contributed by atoms with van der Waals surface area (Å²) in [6, 6.07) is 13.1. The molecule has 120 valence electrons. The summed E-state index contributed by atoms with van der Waals surface area (Å²) < 4.78 is 12.9. The highest BCUT2D eigenvalue weighted by Gasteiger charge is 2.43. The van der Waals surface area contributed by atoms with Crippen LogP contribution in [0.15, 0.2) is 48.5 Å². The molecule has 0 saturated heterocycles. The van der Waals surface area contributed by atoms with Gasteiger partial charge in [0, 0.05) is 17.5 Å². The Labute approximate surface area is 139 Å². The summed E-state index contributed by atoms with van der Waals surface area (Å²) in [7, 11) is 0. The lowest BCUT2D eigenvalue weighted by Gasteiger charge is -2.12. The van der Waals surface area contributed by atoms with Crippen LogP contribution in [0.5, 0.6) is 0 Å². The number of aliphatic hydroxyl groups excluding tert-OH is 1. The molecule has 3 nitrogen and oxygen atoms in total. The van der Waals surface area contributed by atoms with E-state index in [1.807, 2.05) is 0 Å². The first kappa shape index (κ1) is 16.0. The Morgan fingerprint density at radius 1 is 1.22 bits per heavy atom. The highest BCUT2D eigenvalue weighted by Crippen LogP contribution is 2.47. The van der Waals surface area contributed by atoms with Crippen molar-refractivity contribution in [1.29, 1.82) is 0 Å². The molecule has 1 fully saturated rings. The molecule has 1 amide bonds. The highest BCUT2D eigenvalue weighted by molar-refractivity contribution is 6.30. The number of rotatable bonds is 5. The minimum Gasteiger partial charge on any atom is -0.387 e. The van der Waals surface area contributed by atoms with Gasteiger partial charge in [-0.15, -0.1) is 0 Å². The van der Waals surface area contributed by atoms with E-state index in [2.05, 4.69) is 5.32 Å². The van der Waals surface area contributed by atoms with Crippen molar-refractivity contribution in [3.05, 3.63) is 70.5 Å². The molecule has 1 aliphatic carbocycles. The third-order valence-electron chi connectivity index (χ3n) is 4.15. The lowest BCUT2D eigenvalue weighted by atomic mass is 10.1. The Hall–Kier alpha value is -1.91. The van der Waals surface area contributed by atoms with Crippen molar-refractivity contribution in [3.8, 4) is 0 Å². The fourth-order valence-electron chi connectivity index (χ4n) is 2.69. The number of aliphatic hydroxyl groups is 1. The van der Waals surface area contributed by atoms with Crippen molar-refractivity contribution in [2.45, 2.75) is 18.4 Å². The van der Waals surface area contributed by atoms with Gasteiger partial charge in [0.15, 0.2) is 0 Å². The predicted octanol–water partition coefficient (Wildman–Crippen LogP) is 3.43. The number of benzene rings is 2. The largest absolute Gasteiger partial charge is 0.387 e. The van der Waals surface area contributed by atoms with Gasteiger partial charge in [-0.3, -0.25) is 4.79 Å². The molecule has 0 spiro atoms. The zero-order valence-electron chi connectivity index (χ0n) is 12.4. The third kappa shape index (κ3) is 3.89. The van der Waals surface area contributed by atoms with Gasteiger partial charge in [-0.25, -0.2) is 4.39 Å². The predicted molar refractivity (Wildman–Crippen MR) is 86.7 cm³/mol. The number of nitrogens with one attached hydrogen (secondary N) is 1. The summed E-state index contributed by atoms with van der Waals surface area (Å²) in [6.45, 7) is 0.160. The maximum absolute atomic E-state index is 12.9. The molecule has 23 heavy (non-hydrogen) atoms. The Morgan fingerprint density at radius 3 is 2.52 bits per heavy atom. The first-order valence-electron chi connectivity index (χ1n) is 7.51. The van der Waals surface area contributed by atoms with E-state index in [1.54, 1.807) is 36.4 Å². The van der Waals surface area contributed by atoms with E-state index in [-0.39, 0.29) is 30.1 Å². The van der Waals surface area contributed by atoms with Crippen molar-refractivity contribution in [3.63, 3.8) is 0 Å². The number of halogens is 2. The molecule has 0 heterocycles. The third-order valence-corrected chi connectivity index (χ3v) is 4.40.